The molecule has 1 aromatic carbocycles. The van der Waals surface area contributed by atoms with E-state index in [4.69, 9.17) is 9.47 Å². The number of carbonyl (C=O) groups is 1. The van der Waals surface area contributed by atoms with Crippen molar-refractivity contribution in [1.82, 2.24) is 14.6 Å². The average molecular weight is 511 g/mol. The molecule has 11 heteroatoms. The van der Waals surface area contributed by atoms with Gasteiger partial charge in [-0.2, -0.15) is 0 Å². The molecular weight excluding hydrogens is 480 g/mol. The number of nitrogens with zero attached hydrogens (tertiary/aromatic N) is 2. The molecule has 2 heterocycles. The Morgan fingerprint density at radius 2 is 1.94 bits per heavy atom. The molecule has 1 aliphatic rings. The quantitative estimate of drug-likeness (QED) is 0.565. The van der Waals surface area contributed by atoms with E-state index in [2.05, 4.69) is 9.71 Å². The summed E-state index contributed by atoms with van der Waals surface area (Å²) in [6, 6.07) is 6.47. The highest BCUT2D eigenvalue weighted by Gasteiger charge is 2.51. The van der Waals surface area contributed by atoms with Crippen LogP contribution in [0.2, 0.25) is 0 Å². The first kappa shape index (κ1) is 27.1. The largest absolute Gasteiger partial charge is 0.760 e. The molecule has 1 saturated heterocycles. The summed E-state index contributed by atoms with van der Waals surface area (Å²) in [7, 11) is 0. The van der Waals surface area contributed by atoms with E-state index in [1.807, 2.05) is 0 Å². The van der Waals surface area contributed by atoms with E-state index in [1.165, 1.54) is 24.1 Å². The molecule has 1 N–H and O–H groups in total. The second-order valence-corrected chi connectivity index (χ2v) is 10.5. The lowest BCUT2D eigenvalue weighted by molar-refractivity contribution is -0.0797. The standard InChI is InChI=1S/C24H31F2N3O5S/c1-14(28-35(31)32)20-18(26)11-17(13-27-20)15-7-9-16(10-8-15)21-19(12-25)29(24(5,6)33-21)22(30)34-23(2,3)4/h7-11,13-14,19,21,28H,12H2,1-6H3,(H,31,32)/p-1. The van der Waals surface area contributed by atoms with Crippen molar-refractivity contribution in [3.63, 3.8) is 0 Å². The van der Waals surface area contributed by atoms with Crippen molar-refractivity contribution in [2.75, 3.05) is 6.67 Å². The van der Waals surface area contributed by atoms with Gasteiger partial charge in [-0.15, -0.1) is 0 Å². The van der Waals surface area contributed by atoms with Gasteiger partial charge in [-0.3, -0.25) is 14.1 Å². The SMILES string of the molecule is CC(NS(=O)[O-])c1ncc(-c2ccc(C3OC(C)(C)N(C(=O)OC(C)(C)C)C3CF)cc2)cc1F. The Balaban J connectivity index is 1.83. The summed E-state index contributed by atoms with van der Waals surface area (Å²) >= 11 is -2.55. The smallest absolute Gasteiger partial charge is 0.413 e. The molecule has 1 aliphatic heterocycles. The number of benzene rings is 1. The monoisotopic (exact) mass is 510 g/mol. The summed E-state index contributed by atoms with van der Waals surface area (Å²) < 4.78 is 64.1. The number of alkyl halides is 1. The first-order chi connectivity index (χ1) is 16.2. The van der Waals surface area contributed by atoms with Crippen molar-refractivity contribution in [3.05, 3.63) is 53.6 Å². The Hall–Kier alpha value is -2.47. The van der Waals surface area contributed by atoms with Crippen LogP contribution < -0.4 is 4.72 Å². The van der Waals surface area contributed by atoms with E-state index < -0.39 is 59.4 Å². The summed E-state index contributed by atoms with van der Waals surface area (Å²) in [5, 5.41) is 0. The maximum Gasteiger partial charge on any atom is 0.413 e. The zero-order chi connectivity index (χ0) is 26.1. The highest BCUT2D eigenvalue weighted by atomic mass is 32.2. The fourth-order valence-electron chi connectivity index (χ4n) is 4.08. The molecule has 0 saturated carbocycles. The first-order valence-electron chi connectivity index (χ1n) is 11.1. The van der Waals surface area contributed by atoms with Crippen molar-refractivity contribution in [2.24, 2.45) is 0 Å². The third kappa shape index (κ3) is 6.21. The number of ether oxygens (including phenoxy) is 2. The average Bonchev–Trinajstić information content (AvgIpc) is 3.02. The summed E-state index contributed by atoms with van der Waals surface area (Å²) in [4.78, 5) is 18.2. The fraction of sp³-hybridized carbons (Fsp3) is 0.500. The van der Waals surface area contributed by atoms with Gasteiger partial charge in [-0.25, -0.2) is 18.3 Å². The van der Waals surface area contributed by atoms with E-state index in [0.29, 0.717) is 16.7 Å². The van der Waals surface area contributed by atoms with E-state index in [-0.39, 0.29) is 5.69 Å². The van der Waals surface area contributed by atoms with E-state index in [9.17, 15) is 22.3 Å². The van der Waals surface area contributed by atoms with Crippen molar-refractivity contribution >= 4 is 17.4 Å². The molecule has 4 unspecified atom stereocenters. The highest BCUT2D eigenvalue weighted by Crippen LogP contribution is 2.42. The number of hydrogen-bond donors (Lipinski definition) is 1. The number of rotatable bonds is 6. The van der Waals surface area contributed by atoms with Gasteiger partial charge in [0.15, 0.2) is 0 Å². The molecule has 0 bridgehead atoms. The van der Waals surface area contributed by atoms with Crippen LogP contribution in [-0.4, -0.2) is 48.8 Å². The minimum Gasteiger partial charge on any atom is -0.760 e. The van der Waals surface area contributed by atoms with Crippen molar-refractivity contribution < 1.29 is 31.8 Å². The summed E-state index contributed by atoms with van der Waals surface area (Å²) in [6.07, 6.45) is 0.0625. The van der Waals surface area contributed by atoms with E-state index in [0.717, 1.165) is 0 Å². The van der Waals surface area contributed by atoms with Gasteiger partial charge in [0.1, 0.15) is 29.9 Å². The molecule has 1 amide bonds. The number of aromatic nitrogens is 1. The van der Waals surface area contributed by atoms with Crippen LogP contribution in [-0.2, 0) is 20.7 Å². The van der Waals surface area contributed by atoms with Crippen LogP contribution in [0.25, 0.3) is 11.1 Å². The third-order valence-corrected chi connectivity index (χ3v) is 6.10. The number of pyridine rings is 1. The van der Waals surface area contributed by atoms with Gasteiger partial charge >= 0.3 is 6.09 Å². The highest BCUT2D eigenvalue weighted by molar-refractivity contribution is 7.77. The van der Waals surface area contributed by atoms with Gasteiger partial charge in [-0.05, 0) is 58.7 Å². The molecule has 0 spiro atoms. The van der Waals surface area contributed by atoms with Crippen LogP contribution in [0.3, 0.4) is 0 Å². The van der Waals surface area contributed by atoms with Gasteiger partial charge in [0.05, 0.1) is 17.8 Å². The number of nitrogens with one attached hydrogen (secondary N) is 1. The maximum absolute atomic E-state index is 14.6. The summed E-state index contributed by atoms with van der Waals surface area (Å²) in [5.41, 5.74) is -0.0762. The minimum atomic E-state index is -2.55. The molecule has 8 nitrogen and oxygen atoms in total. The molecule has 0 aliphatic carbocycles. The zero-order valence-electron chi connectivity index (χ0n) is 20.5. The Morgan fingerprint density at radius 3 is 2.46 bits per heavy atom. The van der Waals surface area contributed by atoms with E-state index in [1.54, 1.807) is 58.9 Å². The predicted octanol–water partition coefficient (Wildman–Crippen LogP) is 4.72. The van der Waals surface area contributed by atoms with Crippen LogP contribution in [0, 0.1) is 5.82 Å². The van der Waals surface area contributed by atoms with Crippen LogP contribution in [0.15, 0.2) is 36.5 Å². The Kier molecular flexibility index (Phi) is 7.95. The van der Waals surface area contributed by atoms with Crippen LogP contribution in [0.5, 0.6) is 0 Å². The molecule has 1 fully saturated rings. The Morgan fingerprint density at radius 1 is 1.31 bits per heavy atom. The van der Waals surface area contributed by atoms with Crippen molar-refractivity contribution in [2.45, 2.75) is 71.1 Å². The molecule has 1 aromatic heterocycles. The third-order valence-electron chi connectivity index (χ3n) is 5.55. The summed E-state index contributed by atoms with van der Waals surface area (Å²) in [6.45, 7) is 9.24. The number of amides is 1. The van der Waals surface area contributed by atoms with Gasteiger partial charge in [0.2, 0.25) is 0 Å². The molecule has 4 atom stereocenters. The molecule has 2 aromatic rings. The van der Waals surface area contributed by atoms with Gasteiger partial charge in [0.25, 0.3) is 0 Å². The number of halogens is 2. The van der Waals surface area contributed by atoms with Crippen molar-refractivity contribution in [3.8, 4) is 11.1 Å². The topological polar surface area (TPSA) is 104 Å². The fourth-order valence-corrected chi connectivity index (χ4v) is 4.48. The van der Waals surface area contributed by atoms with Gasteiger partial charge in [0, 0.05) is 23.0 Å². The number of hydrogen-bond acceptors (Lipinski definition) is 6. The normalized spacial score (nSPS) is 21.6. The summed E-state index contributed by atoms with van der Waals surface area (Å²) in [5.74, 6) is -0.650. The second kappa shape index (κ2) is 10.3. The van der Waals surface area contributed by atoms with Crippen molar-refractivity contribution in [1.29, 1.82) is 0 Å². The molecule has 35 heavy (non-hydrogen) atoms. The lowest BCUT2D eigenvalue weighted by Crippen LogP contribution is -2.50. The molecular formula is C24H30F2N3O5S-. The lowest BCUT2D eigenvalue weighted by atomic mass is 9.99. The number of carbonyl (C=O) groups excluding carboxylic acids is 1. The van der Waals surface area contributed by atoms with Crippen LogP contribution in [0.1, 0.15) is 64.9 Å². The second-order valence-electron chi connectivity index (χ2n) is 9.84. The molecule has 192 valence electrons. The Labute approximate surface area is 206 Å². The molecule has 3 rings (SSSR count). The maximum atomic E-state index is 14.6. The lowest BCUT2D eigenvalue weighted by Gasteiger charge is -2.34. The predicted molar refractivity (Wildman–Crippen MR) is 126 cm³/mol. The Bertz CT molecular complexity index is 1090. The van der Waals surface area contributed by atoms with Crippen LogP contribution >= 0.6 is 0 Å². The van der Waals surface area contributed by atoms with Gasteiger partial charge < -0.3 is 14.0 Å². The van der Waals surface area contributed by atoms with Crippen LogP contribution in [0.4, 0.5) is 13.6 Å². The van der Waals surface area contributed by atoms with E-state index >= 15 is 0 Å². The van der Waals surface area contributed by atoms with Gasteiger partial charge in [-0.1, -0.05) is 24.3 Å². The first-order valence-corrected chi connectivity index (χ1v) is 12.2. The zero-order valence-corrected chi connectivity index (χ0v) is 21.3. The molecule has 0 radical (unpaired) electrons. The minimum absolute atomic E-state index is 0.0239.